The fourth-order valence-electron chi connectivity index (χ4n) is 2.10. The summed E-state index contributed by atoms with van der Waals surface area (Å²) < 4.78 is 1.09. The number of Topliss-reactive ketones (excluding diaryl/α,β-unsaturated/α-hetero) is 1. The molecular weight excluding hydrogens is 264 g/mol. The van der Waals surface area contributed by atoms with Crippen molar-refractivity contribution in [1.82, 2.24) is 0 Å². The van der Waals surface area contributed by atoms with E-state index in [1.54, 1.807) is 0 Å². The van der Waals surface area contributed by atoms with Crippen LogP contribution in [-0.2, 0) is 4.79 Å². The van der Waals surface area contributed by atoms with Gasteiger partial charge in [-0.1, -0.05) is 41.1 Å². The van der Waals surface area contributed by atoms with Gasteiger partial charge < -0.3 is 0 Å². The van der Waals surface area contributed by atoms with Crippen molar-refractivity contribution >= 4 is 21.7 Å². The van der Waals surface area contributed by atoms with Crippen LogP contribution in [0.1, 0.15) is 37.7 Å². The normalized spacial score (nSPS) is 20.4. The van der Waals surface area contributed by atoms with Crippen LogP contribution in [-0.4, -0.2) is 5.78 Å². The monoisotopic (exact) mass is 278 g/mol. The summed E-state index contributed by atoms with van der Waals surface area (Å²) in [6, 6.07) is 8.27. The van der Waals surface area contributed by atoms with Crippen LogP contribution in [0.2, 0.25) is 0 Å². The van der Waals surface area contributed by atoms with E-state index >= 15 is 0 Å². The van der Waals surface area contributed by atoms with Gasteiger partial charge in [-0.05, 0) is 42.0 Å². The van der Waals surface area contributed by atoms with E-state index in [1.165, 1.54) is 5.56 Å². The number of halogens is 1. The average molecular weight is 279 g/mol. The molecule has 1 atom stereocenters. The number of allylic oxidation sites excluding steroid dienone is 2. The van der Waals surface area contributed by atoms with Crippen LogP contribution < -0.4 is 0 Å². The third-order valence-electron chi connectivity index (χ3n) is 3.03. The van der Waals surface area contributed by atoms with E-state index in [1.807, 2.05) is 12.1 Å². The first-order valence-electron chi connectivity index (χ1n) is 5.66. The molecule has 0 aliphatic heterocycles. The molecule has 0 N–H and O–H groups in total. The summed E-state index contributed by atoms with van der Waals surface area (Å²) in [4.78, 5) is 11.5. The Morgan fingerprint density at radius 1 is 1.38 bits per heavy atom. The lowest BCUT2D eigenvalue weighted by Gasteiger charge is -2.08. The number of carbonyl (C=O) groups excluding carboxylic acids is 1. The van der Waals surface area contributed by atoms with Crippen molar-refractivity contribution in [3.05, 3.63) is 46.0 Å². The second-order valence-electron chi connectivity index (χ2n) is 4.31. The van der Waals surface area contributed by atoms with Crippen LogP contribution in [0.15, 0.2) is 40.4 Å². The molecule has 1 unspecified atom stereocenters. The third-order valence-corrected chi connectivity index (χ3v) is 3.53. The molecule has 2 rings (SSSR count). The zero-order valence-corrected chi connectivity index (χ0v) is 11.0. The largest absolute Gasteiger partial charge is 0.295 e. The molecule has 1 saturated carbocycles. The molecule has 1 nitrogen and oxygen atoms in total. The van der Waals surface area contributed by atoms with Crippen molar-refractivity contribution in [3.8, 4) is 0 Å². The molecule has 0 bridgehead atoms. The molecule has 0 saturated heterocycles. The summed E-state index contributed by atoms with van der Waals surface area (Å²) >= 11 is 3.47. The van der Waals surface area contributed by atoms with Gasteiger partial charge in [-0.2, -0.15) is 0 Å². The number of carbonyl (C=O) groups is 1. The number of ketones is 1. The molecule has 1 aromatic carbocycles. The Morgan fingerprint density at radius 3 is 2.81 bits per heavy atom. The van der Waals surface area contributed by atoms with E-state index in [0.717, 1.165) is 29.3 Å². The minimum atomic E-state index is 0.314. The van der Waals surface area contributed by atoms with E-state index in [2.05, 4.69) is 41.1 Å². The summed E-state index contributed by atoms with van der Waals surface area (Å²) in [7, 11) is 0. The van der Waals surface area contributed by atoms with Gasteiger partial charge in [0.15, 0.2) is 5.78 Å². The van der Waals surface area contributed by atoms with E-state index < -0.39 is 0 Å². The lowest BCUT2D eigenvalue weighted by atomic mass is 9.98. The maximum Gasteiger partial charge on any atom is 0.158 e. The van der Waals surface area contributed by atoms with Crippen molar-refractivity contribution in [2.45, 2.75) is 32.1 Å². The molecule has 0 spiro atoms. The first-order chi connectivity index (χ1) is 7.66. The molecular formula is C14H15BrO. The van der Waals surface area contributed by atoms with E-state index in [0.29, 0.717) is 11.7 Å². The van der Waals surface area contributed by atoms with Crippen LogP contribution in [0.25, 0.3) is 0 Å². The summed E-state index contributed by atoms with van der Waals surface area (Å²) in [5.74, 6) is 0.649. The Bertz CT molecular complexity index is 434. The molecule has 0 radical (unpaired) electrons. The summed E-state index contributed by atoms with van der Waals surface area (Å²) in [5, 5.41) is 0. The minimum absolute atomic E-state index is 0.314. The molecule has 1 fully saturated rings. The lowest BCUT2D eigenvalue weighted by Crippen LogP contribution is -1.96. The van der Waals surface area contributed by atoms with E-state index in [9.17, 15) is 4.79 Å². The average Bonchev–Trinajstić information content (AvgIpc) is 2.64. The second kappa shape index (κ2) is 4.96. The van der Waals surface area contributed by atoms with Gasteiger partial charge in [-0.3, -0.25) is 4.79 Å². The molecule has 0 heterocycles. The van der Waals surface area contributed by atoms with E-state index in [-0.39, 0.29) is 0 Å². The zero-order chi connectivity index (χ0) is 11.5. The minimum Gasteiger partial charge on any atom is -0.295 e. The highest BCUT2D eigenvalue weighted by molar-refractivity contribution is 9.10. The Morgan fingerprint density at radius 2 is 2.19 bits per heavy atom. The van der Waals surface area contributed by atoms with Crippen molar-refractivity contribution in [2.75, 3.05) is 0 Å². The Balaban J connectivity index is 2.19. The fourth-order valence-corrected chi connectivity index (χ4v) is 2.52. The highest BCUT2D eigenvalue weighted by atomic mass is 79.9. The van der Waals surface area contributed by atoms with Gasteiger partial charge in [-0.25, -0.2) is 0 Å². The zero-order valence-electron chi connectivity index (χ0n) is 9.37. The summed E-state index contributed by atoms with van der Waals surface area (Å²) in [6.45, 7) is 2.14. The van der Waals surface area contributed by atoms with Crippen molar-refractivity contribution < 1.29 is 4.79 Å². The van der Waals surface area contributed by atoms with Crippen molar-refractivity contribution in [1.29, 1.82) is 0 Å². The molecule has 1 aromatic rings. The maximum atomic E-state index is 11.5. The molecule has 0 aromatic heterocycles. The number of rotatable bonds is 2. The lowest BCUT2D eigenvalue weighted by molar-refractivity contribution is -0.114. The fraction of sp³-hybridized carbons (Fsp3) is 0.357. The number of hydrogen-bond acceptors (Lipinski definition) is 1. The van der Waals surface area contributed by atoms with Crippen LogP contribution in [0.5, 0.6) is 0 Å². The molecule has 2 heteroatoms. The van der Waals surface area contributed by atoms with Gasteiger partial charge in [0.1, 0.15) is 0 Å². The first kappa shape index (κ1) is 11.6. The highest BCUT2D eigenvalue weighted by Gasteiger charge is 2.17. The molecule has 0 amide bonds. The standard InChI is InChI=1S/C14H15BrO/c1-10(8-12-5-3-7-14(12)16)11-4-2-6-13(15)9-11/h2,4,6,8-10H,3,5,7H2,1H3. The SMILES string of the molecule is CC(C=C1CCCC1=O)c1cccc(Br)c1. The van der Waals surface area contributed by atoms with Gasteiger partial charge in [0.25, 0.3) is 0 Å². The molecule has 1 aliphatic rings. The predicted octanol–water partition coefficient (Wildman–Crippen LogP) is 4.23. The van der Waals surface area contributed by atoms with Gasteiger partial charge in [0.05, 0.1) is 0 Å². The molecule has 16 heavy (non-hydrogen) atoms. The molecule has 1 aliphatic carbocycles. The van der Waals surface area contributed by atoms with E-state index in [4.69, 9.17) is 0 Å². The number of benzene rings is 1. The van der Waals surface area contributed by atoms with Crippen LogP contribution in [0.3, 0.4) is 0 Å². The smallest absolute Gasteiger partial charge is 0.158 e. The first-order valence-corrected chi connectivity index (χ1v) is 6.45. The second-order valence-corrected chi connectivity index (χ2v) is 5.23. The Labute approximate surface area is 105 Å². The van der Waals surface area contributed by atoms with Gasteiger partial charge in [0.2, 0.25) is 0 Å². The van der Waals surface area contributed by atoms with Crippen molar-refractivity contribution in [3.63, 3.8) is 0 Å². The molecule has 84 valence electrons. The Kier molecular flexibility index (Phi) is 3.59. The summed E-state index contributed by atoms with van der Waals surface area (Å²) in [6.07, 6.45) is 4.83. The van der Waals surface area contributed by atoms with Crippen LogP contribution >= 0.6 is 15.9 Å². The Hall–Kier alpha value is -0.890. The van der Waals surface area contributed by atoms with Crippen LogP contribution in [0, 0.1) is 0 Å². The van der Waals surface area contributed by atoms with Gasteiger partial charge in [0, 0.05) is 10.9 Å². The number of hydrogen-bond donors (Lipinski definition) is 0. The quantitative estimate of drug-likeness (QED) is 0.740. The van der Waals surface area contributed by atoms with Crippen LogP contribution in [0.4, 0.5) is 0 Å². The maximum absolute atomic E-state index is 11.5. The highest BCUT2D eigenvalue weighted by Crippen LogP contribution is 2.27. The topological polar surface area (TPSA) is 17.1 Å². The summed E-state index contributed by atoms with van der Waals surface area (Å²) in [5.41, 5.74) is 2.27. The predicted molar refractivity (Wildman–Crippen MR) is 69.5 cm³/mol. The third kappa shape index (κ3) is 2.62. The van der Waals surface area contributed by atoms with Crippen molar-refractivity contribution in [2.24, 2.45) is 0 Å². The van der Waals surface area contributed by atoms with Gasteiger partial charge in [-0.15, -0.1) is 0 Å². The van der Waals surface area contributed by atoms with Gasteiger partial charge >= 0.3 is 0 Å².